The summed E-state index contributed by atoms with van der Waals surface area (Å²) in [6.45, 7) is 42.3. The van der Waals surface area contributed by atoms with E-state index in [4.69, 9.17) is 75.5 Å². The first-order chi connectivity index (χ1) is 35.3. The Labute approximate surface area is 448 Å². The summed E-state index contributed by atoms with van der Waals surface area (Å²) in [4.78, 5) is 0. The number of methoxy groups -OCH3 is 10. The summed E-state index contributed by atoms with van der Waals surface area (Å²) in [5, 5.41) is 0. The van der Waals surface area contributed by atoms with E-state index in [0.717, 1.165) is 43.2 Å². The third-order valence-electron chi connectivity index (χ3n) is 8.05. The fraction of sp³-hybridized carbons (Fsp3) is 0.630. The maximum Gasteiger partial charge on any atom is 0.364 e. The molecule has 74 heavy (non-hydrogen) atoms. The molecule has 0 aromatic rings. The van der Waals surface area contributed by atoms with Gasteiger partial charge >= 0.3 is 6.29 Å². The number of hydrogen-bond donors (Lipinski definition) is 0. The quantitative estimate of drug-likeness (QED) is 0.0252. The Balaban J connectivity index is -0.000000142. The van der Waals surface area contributed by atoms with Gasteiger partial charge in [0.2, 0.25) is 24.4 Å². The monoisotopic (exact) mass is 1070 g/mol. The molecule has 0 N–H and O–H groups in total. The van der Waals surface area contributed by atoms with E-state index in [1.54, 1.807) is 74.7 Å². The Hall–Kier alpha value is -5.48. The molecule has 0 amide bonds. The lowest BCUT2D eigenvalue weighted by Crippen LogP contribution is -2.26. The van der Waals surface area contributed by atoms with Gasteiger partial charge in [-0.2, -0.15) is 0 Å². The normalized spacial score (nSPS) is 11.6. The van der Waals surface area contributed by atoms with Crippen molar-refractivity contribution < 1.29 is 93.2 Å². The first-order valence-electron chi connectivity index (χ1n) is 23.6. The van der Waals surface area contributed by atoms with E-state index >= 15 is 0 Å². The first kappa shape index (κ1) is 82.5. The fourth-order valence-corrected chi connectivity index (χ4v) is 3.94. The second kappa shape index (κ2) is 65.5. The molecule has 0 radical (unpaired) electrons. The highest BCUT2D eigenvalue weighted by Crippen LogP contribution is 2.10. The second-order valence-electron chi connectivity index (χ2n) is 13.4. The van der Waals surface area contributed by atoms with Gasteiger partial charge in [-0.05, 0) is 66.5 Å². The highest BCUT2D eigenvalue weighted by Gasteiger charge is 2.15. The third kappa shape index (κ3) is 62.6. The molecule has 0 spiro atoms. The Morgan fingerprint density at radius 1 is 0.473 bits per heavy atom. The molecule has 0 bridgehead atoms. The summed E-state index contributed by atoms with van der Waals surface area (Å²) in [6.07, 6.45) is 13.7. The van der Waals surface area contributed by atoms with Crippen LogP contribution in [0.5, 0.6) is 0 Å². The smallest absolute Gasteiger partial charge is 0.364 e. The molecule has 0 saturated carbocycles. The minimum absolute atomic E-state index is 0.249. The van der Waals surface area contributed by atoms with E-state index < -0.39 is 0 Å². The fourth-order valence-electron chi connectivity index (χ4n) is 3.94. The molecule has 3 atom stereocenters. The van der Waals surface area contributed by atoms with Crippen LogP contribution in [0.1, 0.15) is 102 Å². The van der Waals surface area contributed by atoms with E-state index in [1.807, 2.05) is 75.3 Å². The van der Waals surface area contributed by atoms with Gasteiger partial charge in [-0.3, -0.25) is 0 Å². The summed E-state index contributed by atoms with van der Waals surface area (Å²) >= 11 is 0. The molecule has 0 fully saturated rings. The number of rotatable bonds is 35. The molecule has 0 saturated heterocycles. The van der Waals surface area contributed by atoms with Crippen molar-refractivity contribution in [3.63, 3.8) is 0 Å². The summed E-state index contributed by atoms with van der Waals surface area (Å²) < 4.78 is 98.3. The van der Waals surface area contributed by atoms with Crippen LogP contribution in [0.15, 0.2) is 59.7 Å². The van der Waals surface area contributed by atoms with Gasteiger partial charge in [-0.25, -0.2) is 0 Å². The van der Waals surface area contributed by atoms with Crippen LogP contribution in [-0.4, -0.2) is 163 Å². The highest BCUT2D eigenvalue weighted by molar-refractivity contribution is 5.17. The zero-order valence-corrected chi connectivity index (χ0v) is 49.7. The largest absolute Gasteiger partial charge is 0.557 e. The molecule has 0 rings (SSSR count). The van der Waals surface area contributed by atoms with E-state index in [2.05, 4.69) is 51.6 Å². The van der Waals surface area contributed by atoms with Crippen molar-refractivity contribution in [1.29, 1.82) is 0 Å². The molecule has 0 aliphatic rings. The third-order valence-corrected chi connectivity index (χ3v) is 8.05. The predicted molar refractivity (Wildman–Crippen MR) is 290 cm³/mol. The van der Waals surface area contributed by atoms with Gasteiger partial charge in [0.25, 0.3) is 0 Å². The number of carbonyl (C=O) groups excluding carboxylic acids is 5. The van der Waals surface area contributed by atoms with Crippen LogP contribution in [0.4, 0.5) is 0 Å². The van der Waals surface area contributed by atoms with E-state index in [-0.39, 0.29) is 18.9 Å². The van der Waals surface area contributed by atoms with Gasteiger partial charge in [0.15, 0.2) is 64.4 Å². The molecular weight excluding hydrogens is 969 g/mol. The zero-order chi connectivity index (χ0) is 58.5. The van der Waals surface area contributed by atoms with Gasteiger partial charge in [0.1, 0.15) is 0 Å². The lowest BCUT2D eigenvalue weighted by molar-refractivity contribution is -0.472. The van der Waals surface area contributed by atoms with Crippen molar-refractivity contribution in [2.75, 3.05) is 111 Å². The summed E-state index contributed by atoms with van der Waals surface area (Å²) in [7, 11) is 16.0. The van der Waals surface area contributed by atoms with Crippen molar-refractivity contribution in [3.05, 3.63) is 90.4 Å². The SMILES string of the molecule is C=[O+][C-](/C=C(\OC)OCC)OCC.C=[O+][C-](C)/C=C(/C)OC.C=[O+][C-](C)/C=C(/CC)OC.C=[O+][C-](C)/C=C(\OC)OCC.C=[O+][C-](C)C=C(OC)OC.CCOC(CC(OC)OCC)OC.COCCC(C)OC. The molecule has 20 nitrogen and oxygen atoms in total. The lowest BCUT2D eigenvalue weighted by Gasteiger charge is -2.21. The van der Waals surface area contributed by atoms with Crippen LogP contribution in [0.2, 0.25) is 0 Å². The molecule has 0 aliphatic heterocycles. The summed E-state index contributed by atoms with van der Waals surface area (Å²) in [6, 6.07) is 0. The Kier molecular flexibility index (Phi) is 73.1. The molecule has 20 heteroatoms. The highest BCUT2D eigenvalue weighted by atomic mass is 16.7. The van der Waals surface area contributed by atoms with Crippen molar-refractivity contribution in [2.45, 2.75) is 121 Å². The van der Waals surface area contributed by atoms with Crippen LogP contribution >= 0.6 is 0 Å². The molecule has 0 aromatic heterocycles. The molecule has 0 aliphatic carbocycles. The summed E-state index contributed by atoms with van der Waals surface area (Å²) in [5.74, 6) is 2.90. The maximum atomic E-state index is 5.29. The molecule has 0 heterocycles. The van der Waals surface area contributed by atoms with Crippen molar-refractivity contribution >= 4 is 33.9 Å². The zero-order valence-electron chi connectivity index (χ0n) is 49.7. The van der Waals surface area contributed by atoms with Crippen molar-refractivity contribution in [1.82, 2.24) is 0 Å². The Morgan fingerprint density at radius 2 is 0.878 bits per heavy atom. The van der Waals surface area contributed by atoms with Gasteiger partial charge in [-0.15, -0.1) is 0 Å². The average molecular weight is 1070 g/mol. The van der Waals surface area contributed by atoms with Gasteiger partial charge in [-0.1, -0.05) is 13.8 Å². The van der Waals surface area contributed by atoms with E-state index in [0.29, 0.717) is 75.6 Å². The van der Waals surface area contributed by atoms with Crippen LogP contribution in [-0.2, 0) is 93.2 Å². The van der Waals surface area contributed by atoms with Crippen LogP contribution in [0.25, 0.3) is 0 Å². The van der Waals surface area contributed by atoms with Crippen molar-refractivity contribution in [3.8, 4) is 0 Å². The van der Waals surface area contributed by atoms with E-state index in [1.165, 1.54) is 34.5 Å². The average Bonchev–Trinajstić information content (AvgIpc) is 3.42. The second-order valence-corrected chi connectivity index (χ2v) is 13.4. The van der Waals surface area contributed by atoms with Gasteiger partial charge in [0.05, 0.1) is 62.0 Å². The Morgan fingerprint density at radius 3 is 1.18 bits per heavy atom. The van der Waals surface area contributed by atoms with Crippen LogP contribution < -0.4 is 0 Å². The molecule has 0 aromatic carbocycles. The lowest BCUT2D eigenvalue weighted by atomic mass is 10.3. The molecular formula is C54H102O20. The van der Waals surface area contributed by atoms with Gasteiger partial charge in [0, 0.05) is 119 Å². The predicted octanol–water partition coefficient (Wildman–Crippen LogP) is 9.61. The van der Waals surface area contributed by atoms with Gasteiger partial charge < -0.3 is 93.2 Å². The Bertz CT molecular complexity index is 1340. The number of ether oxygens (including phenoxy) is 15. The van der Waals surface area contributed by atoms with Crippen LogP contribution in [0.3, 0.4) is 0 Å². The topological polar surface area (TPSA) is 195 Å². The first-order valence-corrected chi connectivity index (χ1v) is 23.6. The molecule has 3 unspecified atom stereocenters. The minimum atomic E-state index is -0.249. The maximum absolute atomic E-state index is 5.29. The van der Waals surface area contributed by atoms with Crippen LogP contribution in [0, 0.1) is 30.7 Å². The minimum Gasteiger partial charge on any atom is -0.557 e. The van der Waals surface area contributed by atoms with Crippen molar-refractivity contribution in [2.24, 2.45) is 0 Å². The van der Waals surface area contributed by atoms with E-state index in [9.17, 15) is 0 Å². The number of allylic oxidation sites excluding steroid dienone is 2. The standard InChI is InChI=1S/C9H20O4.C9H16O4.C8H14O3.C8H14O2.C7H12O3.C7H12O2.C6H14O2/c2*1-5-12-8(10-3)7-9(11-4)13-6-2;1-5-11-8(10-4)6-7(2)9-3;1-5-8(10-4)6-7(2)9-3;1-6(8-2)5-7(9-3)10-4;1-6(8-3)5-7(2)9-4;1-6(8-3)4-5-7-2/h8-9H,5-7H2,1-4H3;7H,3,5-6H2,1-2,4H3;6H,3,5H2,1-2,4H3;6H,3,5H2,1-2,4H3;5H,2H2,1,3-4H3;5H,3H2,1-2,4H3;6H,4-5H2,1-3H3/b;9-7+;8-6+;8-6-;;7-5-;. The summed E-state index contributed by atoms with van der Waals surface area (Å²) in [5.41, 5.74) is 0. The molecule has 438 valence electrons. The number of hydrogen-bond acceptors (Lipinski definition) is 15.